The van der Waals surface area contributed by atoms with Crippen LogP contribution < -0.4 is 5.32 Å². The van der Waals surface area contributed by atoms with Crippen LogP contribution in [0, 0.1) is 0 Å². The van der Waals surface area contributed by atoms with E-state index in [0.29, 0.717) is 0 Å². The third kappa shape index (κ3) is 2.51. The van der Waals surface area contributed by atoms with Gasteiger partial charge < -0.3 is 5.32 Å². The number of rotatable bonds is 4. The van der Waals surface area contributed by atoms with Gasteiger partial charge in [-0.25, -0.2) is 0 Å². The first-order valence-electron chi connectivity index (χ1n) is 3.82. The van der Waals surface area contributed by atoms with Crippen LogP contribution in [0.3, 0.4) is 0 Å². The second-order valence-corrected chi connectivity index (χ2v) is 3.18. The van der Waals surface area contributed by atoms with E-state index in [9.17, 15) is 4.79 Å². The van der Waals surface area contributed by atoms with Crippen molar-refractivity contribution in [2.24, 2.45) is 0 Å². The first kappa shape index (κ1) is 9.00. The highest BCUT2D eigenvalue weighted by atomic mass is 32.1. The highest BCUT2D eigenvalue weighted by Crippen LogP contribution is 2.09. The number of ketones is 1. The highest BCUT2D eigenvalue weighted by molar-refractivity contribution is 7.12. The molecular weight excluding hydrogens is 170 g/mol. The standard InChI is InChI=1S/C9H11NOS/c1-2-10-6-5-8(11)9-4-3-7-12-9/h3-7,10H,2H2,1H3/b6-5+. The molecule has 3 heteroatoms. The lowest BCUT2D eigenvalue weighted by Gasteiger charge is -1.90. The molecule has 1 rings (SSSR count). The molecule has 0 atom stereocenters. The lowest BCUT2D eigenvalue weighted by atomic mass is 10.3. The van der Waals surface area contributed by atoms with Crippen molar-refractivity contribution >= 4 is 17.1 Å². The Labute approximate surface area is 75.9 Å². The third-order valence-electron chi connectivity index (χ3n) is 1.32. The summed E-state index contributed by atoms with van der Waals surface area (Å²) in [4.78, 5) is 12.0. The normalized spacial score (nSPS) is 10.4. The first-order valence-corrected chi connectivity index (χ1v) is 4.70. The predicted molar refractivity (Wildman–Crippen MR) is 51.5 cm³/mol. The molecule has 0 saturated heterocycles. The molecule has 1 N–H and O–H groups in total. The minimum atomic E-state index is 0.0611. The van der Waals surface area contributed by atoms with Crippen LogP contribution in [0.4, 0.5) is 0 Å². The minimum Gasteiger partial charge on any atom is -0.391 e. The Morgan fingerprint density at radius 3 is 3.17 bits per heavy atom. The number of thiophene rings is 1. The van der Waals surface area contributed by atoms with Crippen molar-refractivity contribution in [1.82, 2.24) is 5.32 Å². The SMILES string of the molecule is CCN/C=C/C(=O)c1cccs1. The van der Waals surface area contributed by atoms with Gasteiger partial charge in [-0.05, 0) is 18.4 Å². The third-order valence-corrected chi connectivity index (χ3v) is 2.21. The van der Waals surface area contributed by atoms with Gasteiger partial charge in [0.15, 0.2) is 5.78 Å². The lowest BCUT2D eigenvalue weighted by Crippen LogP contribution is -2.03. The second kappa shape index (κ2) is 4.72. The summed E-state index contributed by atoms with van der Waals surface area (Å²) >= 11 is 1.46. The fraction of sp³-hybridized carbons (Fsp3) is 0.222. The van der Waals surface area contributed by atoms with Gasteiger partial charge in [-0.2, -0.15) is 0 Å². The molecule has 1 aromatic heterocycles. The number of allylic oxidation sites excluding steroid dienone is 1. The maximum atomic E-state index is 11.3. The molecule has 0 saturated carbocycles. The molecule has 0 radical (unpaired) electrons. The van der Waals surface area contributed by atoms with E-state index in [2.05, 4.69) is 5.32 Å². The van der Waals surface area contributed by atoms with E-state index in [4.69, 9.17) is 0 Å². The van der Waals surface area contributed by atoms with Crippen LogP contribution in [0.1, 0.15) is 16.6 Å². The summed E-state index contributed by atoms with van der Waals surface area (Å²) in [7, 11) is 0. The van der Waals surface area contributed by atoms with Gasteiger partial charge in [0.05, 0.1) is 4.88 Å². The first-order chi connectivity index (χ1) is 5.84. The average molecular weight is 181 g/mol. The van der Waals surface area contributed by atoms with Gasteiger partial charge in [0.25, 0.3) is 0 Å². The van der Waals surface area contributed by atoms with Crippen LogP contribution in [-0.4, -0.2) is 12.3 Å². The molecule has 0 aliphatic rings. The summed E-state index contributed by atoms with van der Waals surface area (Å²) in [6.07, 6.45) is 3.23. The maximum Gasteiger partial charge on any atom is 0.197 e. The van der Waals surface area contributed by atoms with E-state index in [0.717, 1.165) is 11.4 Å². The Balaban J connectivity index is 2.50. The molecule has 0 aromatic carbocycles. The number of nitrogens with one attached hydrogen (secondary N) is 1. The van der Waals surface area contributed by atoms with Gasteiger partial charge in [0.1, 0.15) is 0 Å². The van der Waals surface area contributed by atoms with Gasteiger partial charge >= 0.3 is 0 Å². The Bertz CT molecular complexity index is 264. The predicted octanol–water partition coefficient (Wildman–Crippen LogP) is 2.05. The molecule has 0 aliphatic carbocycles. The van der Waals surface area contributed by atoms with Gasteiger partial charge in [0, 0.05) is 18.8 Å². The van der Waals surface area contributed by atoms with Crippen LogP contribution in [-0.2, 0) is 0 Å². The molecule has 0 aliphatic heterocycles. The van der Waals surface area contributed by atoms with E-state index in [-0.39, 0.29) is 5.78 Å². The summed E-state index contributed by atoms with van der Waals surface area (Å²) in [5, 5.41) is 4.84. The van der Waals surface area contributed by atoms with Crippen LogP contribution in [0.5, 0.6) is 0 Å². The van der Waals surface area contributed by atoms with Gasteiger partial charge in [-0.3, -0.25) is 4.79 Å². The molecule has 1 aromatic rings. The number of carbonyl (C=O) groups is 1. The Morgan fingerprint density at radius 1 is 1.75 bits per heavy atom. The van der Waals surface area contributed by atoms with Crippen molar-refractivity contribution in [2.75, 3.05) is 6.54 Å². The number of hydrogen-bond donors (Lipinski definition) is 1. The van der Waals surface area contributed by atoms with Crippen LogP contribution in [0.25, 0.3) is 0 Å². The zero-order chi connectivity index (χ0) is 8.81. The molecule has 0 spiro atoms. The Hall–Kier alpha value is -1.09. The van der Waals surface area contributed by atoms with E-state index in [1.165, 1.54) is 11.3 Å². The van der Waals surface area contributed by atoms with Crippen LogP contribution >= 0.6 is 11.3 Å². The smallest absolute Gasteiger partial charge is 0.197 e. The maximum absolute atomic E-state index is 11.3. The molecule has 12 heavy (non-hydrogen) atoms. The molecule has 0 unspecified atom stereocenters. The van der Waals surface area contributed by atoms with E-state index in [1.54, 1.807) is 12.3 Å². The quantitative estimate of drug-likeness (QED) is 0.569. The summed E-state index contributed by atoms with van der Waals surface area (Å²) in [6, 6.07) is 3.70. The van der Waals surface area contributed by atoms with Crippen molar-refractivity contribution in [1.29, 1.82) is 0 Å². The van der Waals surface area contributed by atoms with Crippen molar-refractivity contribution in [3.63, 3.8) is 0 Å². The van der Waals surface area contributed by atoms with Gasteiger partial charge in [-0.1, -0.05) is 6.07 Å². The number of hydrogen-bond acceptors (Lipinski definition) is 3. The summed E-state index contributed by atoms with van der Waals surface area (Å²) in [5.41, 5.74) is 0. The van der Waals surface area contributed by atoms with Crippen molar-refractivity contribution in [3.8, 4) is 0 Å². The summed E-state index contributed by atoms with van der Waals surface area (Å²) in [5.74, 6) is 0.0611. The van der Waals surface area contributed by atoms with Crippen molar-refractivity contribution in [3.05, 3.63) is 34.7 Å². The molecular formula is C9H11NOS. The summed E-state index contributed by atoms with van der Waals surface area (Å²) in [6.45, 7) is 2.83. The van der Waals surface area contributed by atoms with Gasteiger partial charge in [-0.15, -0.1) is 11.3 Å². The van der Waals surface area contributed by atoms with Crippen LogP contribution in [0.2, 0.25) is 0 Å². The van der Waals surface area contributed by atoms with Crippen molar-refractivity contribution in [2.45, 2.75) is 6.92 Å². The summed E-state index contributed by atoms with van der Waals surface area (Å²) < 4.78 is 0. The molecule has 0 bridgehead atoms. The van der Waals surface area contributed by atoms with Crippen LogP contribution in [0.15, 0.2) is 29.8 Å². The zero-order valence-corrected chi connectivity index (χ0v) is 7.73. The Kier molecular flexibility index (Phi) is 3.54. The lowest BCUT2D eigenvalue weighted by molar-refractivity contribution is 0.105. The Morgan fingerprint density at radius 2 is 2.58 bits per heavy atom. The van der Waals surface area contributed by atoms with Crippen molar-refractivity contribution < 1.29 is 4.79 Å². The molecule has 64 valence electrons. The molecule has 0 fully saturated rings. The monoisotopic (exact) mass is 181 g/mol. The topological polar surface area (TPSA) is 29.1 Å². The second-order valence-electron chi connectivity index (χ2n) is 2.23. The average Bonchev–Trinajstić information content (AvgIpc) is 2.56. The largest absolute Gasteiger partial charge is 0.391 e. The zero-order valence-electron chi connectivity index (χ0n) is 6.91. The molecule has 2 nitrogen and oxygen atoms in total. The fourth-order valence-electron chi connectivity index (χ4n) is 0.753. The minimum absolute atomic E-state index is 0.0611. The van der Waals surface area contributed by atoms with E-state index in [1.807, 2.05) is 24.4 Å². The highest BCUT2D eigenvalue weighted by Gasteiger charge is 2.00. The van der Waals surface area contributed by atoms with E-state index < -0.39 is 0 Å². The molecule has 0 amide bonds. The van der Waals surface area contributed by atoms with Gasteiger partial charge in [0.2, 0.25) is 0 Å². The van der Waals surface area contributed by atoms with E-state index >= 15 is 0 Å². The number of carbonyl (C=O) groups excluding carboxylic acids is 1. The fourth-order valence-corrected chi connectivity index (χ4v) is 1.40. The molecule has 1 heterocycles.